The standard InChI is InChI=1S/C60H71FN12O5/c1-6-42-33-71(50-24-49(66-67-55(50)62)46-12-8-10-14-52(46)75)32-36(4)73(42)58-63-30-40(31-64-58)37-19-21-70(22-20-37)43-28-60(29-43)26-39(27-60)48-25-53(77-68-48)54(35(2)3)57(76)72-34-44(74)23-51(72)56-65-59(5,78-69-56)41-17-15-38(16-18-41)45-11-7-9-13-47(45)61/h7-18,24-25,30-31,35-37,39,42-44,51,54,74-75H,6,19-23,26-29,32-34H2,1-5H3,(H2,62,67)(H,65,69)/t36?,39-,42?,43-,44-,51+,54-,59+,60?/m1/s1. The lowest BCUT2D eigenvalue weighted by atomic mass is 9.49. The van der Waals surface area contributed by atoms with Crippen molar-refractivity contribution in [1.82, 2.24) is 40.4 Å². The summed E-state index contributed by atoms with van der Waals surface area (Å²) >= 11 is 0. The van der Waals surface area contributed by atoms with Gasteiger partial charge in [-0.15, -0.1) is 10.2 Å². The second kappa shape index (κ2) is 20.6. The fraction of sp³-hybridized carbons (Fsp3) is 0.483. The zero-order valence-corrected chi connectivity index (χ0v) is 45.2. The van der Waals surface area contributed by atoms with Gasteiger partial charge in [-0.3, -0.25) is 4.79 Å². The number of anilines is 3. The topological polar surface area (TPSA) is 208 Å². The number of aliphatic hydroxyl groups excluding tert-OH is 1. The number of nitrogen functional groups attached to an aromatic ring is 1. The number of aromatic hydroxyl groups is 1. The molecule has 6 aromatic rings. The van der Waals surface area contributed by atoms with E-state index in [1.54, 1.807) is 29.2 Å². The van der Waals surface area contributed by atoms with Crippen LogP contribution in [0.4, 0.5) is 21.8 Å². The molecule has 18 heteroatoms. The Morgan fingerprint density at radius 3 is 2.33 bits per heavy atom. The first kappa shape index (κ1) is 51.6. The summed E-state index contributed by atoms with van der Waals surface area (Å²) in [6, 6.07) is 25.6. The van der Waals surface area contributed by atoms with E-state index in [1.807, 2.05) is 75.4 Å². The number of carbonyl (C=O) groups excluding carboxylic acids is 1. The van der Waals surface area contributed by atoms with E-state index in [2.05, 4.69) is 66.8 Å². The molecule has 17 nitrogen and oxygen atoms in total. The van der Waals surface area contributed by atoms with Gasteiger partial charge < -0.3 is 50.2 Å². The van der Waals surface area contributed by atoms with Crippen LogP contribution in [-0.4, -0.2) is 120 Å². The normalized spacial score (nSPS) is 27.8. The molecule has 0 bridgehead atoms. The summed E-state index contributed by atoms with van der Waals surface area (Å²) in [4.78, 5) is 39.6. The van der Waals surface area contributed by atoms with Gasteiger partial charge in [-0.25, -0.2) is 14.4 Å². The molecule has 0 radical (unpaired) electrons. The number of nitrogens with one attached hydrogen (secondary N) is 1. The maximum atomic E-state index is 14.6. The summed E-state index contributed by atoms with van der Waals surface area (Å²) in [6.45, 7) is 14.1. The number of aromatic nitrogens is 5. The summed E-state index contributed by atoms with van der Waals surface area (Å²) in [5.74, 6) is 1.94. The van der Waals surface area contributed by atoms with Gasteiger partial charge in [-0.1, -0.05) is 85.7 Å². The van der Waals surface area contributed by atoms with Gasteiger partial charge in [-0.05, 0) is 118 Å². The monoisotopic (exact) mass is 1060 g/mol. The average Bonchev–Trinajstić information content (AvgIpc) is 4.21. The lowest BCUT2D eigenvalue weighted by molar-refractivity contribution is -0.134. The number of likely N-dealkylation sites (tertiary alicyclic amines) is 2. The Kier molecular flexibility index (Phi) is 13.6. The predicted octanol–water partition coefficient (Wildman–Crippen LogP) is 8.92. The Bertz CT molecular complexity index is 3170. The lowest BCUT2D eigenvalue weighted by Crippen LogP contribution is -2.58. The Balaban J connectivity index is 0.616. The highest BCUT2D eigenvalue weighted by atomic mass is 19.1. The van der Waals surface area contributed by atoms with Crippen molar-refractivity contribution < 1.29 is 28.8 Å². The molecule has 6 atom stereocenters. The smallest absolute Gasteiger partial charge is 0.234 e. The Hall–Kier alpha value is -7.18. The van der Waals surface area contributed by atoms with Gasteiger partial charge in [0.05, 0.1) is 29.2 Å². The molecule has 2 aliphatic carbocycles. The van der Waals surface area contributed by atoms with Crippen molar-refractivity contribution in [2.45, 2.75) is 140 Å². The van der Waals surface area contributed by atoms with Crippen LogP contribution in [0.5, 0.6) is 5.75 Å². The minimum atomic E-state index is -1.02. The number of aliphatic hydroxyl groups is 1. The molecular weight excluding hydrogens is 988 g/mol. The van der Waals surface area contributed by atoms with Crippen molar-refractivity contribution in [2.75, 3.05) is 48.3 Å². The number of phenolic OH excluding ortho intramolecular Hbond substituents is 1. The number of hydrogen-bond donors (Lipinski definition) is 4. The number of β-amino-alcohol motifs (C(OH)–C–C–N with tert-alkyl or cyclic N) is 1. The summed E-state index contributed by atoms with van der Waals surface area (Å²) in [5, 5.41) is 42.5. The largest absolute Gasteiger partial charge is 0.507 e. The van der Waals surface area contributed by atoms with Crippen molar-refractivity contribution in [3.8, 4) is 28.1 Å². The second-order valence-corrected chi connectivity index (χ2v) is 23.6. The van der Waals surface area contributed by atoms with Gasteiger partial charge in [0.1, 0.15) is 23.2 Å². The number of oxime groups is 1. The van der Waals surface area contributed by atoms with Crippen molar-refractivity contribution in [1.29, 1.82) is 0 Å². The Labute approximate surface area is 455 Å². The van der Waals surface area contributed by atoms with Crippen molar-refractivity contribution in [3.63, 3.8) is 0 Å². The van der Waals surface area contributed by atoms with Gasteiger partial charge in [0.15, 0.2) is 11.7 Å². The maximum absolute atomic E-state index is 14.6. The van der Waals surface area contributed by atoms with Crippen LogP contribution in [0.1, 0.15) is 126 Å². The molecule has 5 fully saturated rings. The number of para-hydroxylation sites is 1. The van der Waals surface area contributed by atoms with E-state index in [9.17, 15) is 19.4 Å². The van der Waals surface area contributed by atoms with E-state index in [0.717, 1.165) is 80.2 Å². The fourth-order valence-corrected chi connectivity index (χ4v) is 13.8. The van der Waals surface area contributed by atoms with Crippen molar-refractivity contribution in [3.05, 3.63) is 126 Å². The number of amidine groups is 1. The number of hydrogen-bond acceptors (Lipinski definition) is 16. The van der Waals surface area contributed by atoms with Crippen LogP contribution in [0.3, 0.4) is 0 Å². The molecule has 78 heavy (non-hydrogen) atoms. The van der Waals surface area contributed by atoms with E-state index in [-0.39, 0.29) is 42.0 Å². The highest BCUT2D eigenvalue weighted by Crippen LogP contribution is 2.63. The van der Waals surface area contributed by atoms with Gasteiger partial charge in [0, 0.05) is 92.2 Å². The zero-order chi connectivity index (χ0) is 54.0. The fourth-order valence-electron chi connectivity index (χ4n) is 13.8. The number of piperazine rings is 1. The van der Waals surface area contributed by atoms with Gasteiger partial charge >= 0.3 is 0 Å². The molecule has 4 aliphatic heterocycles. The SMILES string of the molecule is CCC1CN(c2cc(-c3ccccc3O)nnc2N)CC(C)N1c1ncc(C2CCN([C@H]3CC4(C[C@H](c5cc([C@H](C(=O)N6C[C@H](O)C[C@H]6C6=NO[C@@](C)(c7ccc(-c8ccccc8F)cc7)N6)C(C)C)on5)C4)C3)CC2)cn1. The third-order valence-electron chi connectivity index (χ3n) is 18.1. The molecule has 3 aromatic carbocycles. The van der Waals surface area contributed by atoms with Crippen LogP contribution >= 0.6 is 0 Å². The number of carbonyl (C=O) groups is 1. The highest BCUT2D eigenvalue weighted by Gasteiger charge is 2.55. The number of nitrogens with two attached hydrogens (primary N) is 1. The van der Waals surface area contributed by atoms with Crippen LogP contribution in [0, 0.1) is 17.2 Å². The van der Waals surface area contributed by atoms with E-state index in [0.29, 0.717) is 70.5 Å². The number of halogens is 1. The van der Waals surface area contributed by atoms with Gasteiger partial charge in [0.2, 0.25) is 17.6 Å². The summed E-state index contributed by atoms with van der Waals surface area (Å²) in [7, 11) is 0. The molecule has 2 saturated carbocycles. The number of nitrogens with zero attached hydrogens (tertiary/aromatic N) is 10. The lowest BCUT2D eigenvalue weighted by Gasteiger charge is -2.60. The van der Waals surface area contributed by atoms with Gasteiger partial charge in [-0.2, -0.15) is 0 Å². The second-order valence-electron chi connectivity index (χ2n) is 23.6. The minimum Gasteiger partial charge on any atom is -0.507 e. The predicted molar refractivity (Wildman–Crippen MR) is 296 cm³/mol. The molecule has 7 heterocycles. The number of amides is 1. The molecular formula is C60H71FN12O5. The molecule has 408 valence electrons. The molecule has 3 saturated heterocycles. The molecule has 12 rings (SSSR count). The molecule has 6 aliphatic rings. The molecule has 2 unspecified atom stereocenters. The Morgan fingerprint density at radius 1 is 0.910 bits per heavy atom. The first-order valence-corrected chi connectivity index (χ1v) is 28.0. The minimum absolute atomic E-state index is 0.0859. The van der Waals surface area contributed by atoms with Crippen LogP contribution in [0.25, 0.3) is 22.4 Å². The molecule has 1 amide bonds. The average molecular weight is 1060 g/mol. The van der Waals surface area contributed by atoms with Crippen LogP contribution in [0.15, 0.2) is 107 Å². The maximum Gasteiger partial charge on any atom is 0.234 e. The van der Waals surface area contributed by atoms with Crippen molar-refractivity contribution >= 4 is 29.2 Å². The van der Waals surface area contributed by atoms with E-state index in [1.165, 1.54) is 24.5 Å². The number of benzene rings is 3. The summed E-state index contributed by atoms with van der Waals surface area (Å²) < 4.78 is 20.6. The molecule has 1 spiro atoms. The van der Waals surface area contributed by atoms with E-state index < -0.39 is 23.8 Å². The third kappa shape index (κ3) is 9.58. The first-order valence-electron chi connectivity index (χ1n) is 28.0. The van der Waals surface area contributed by atoms with Gasteiger partial charge in [0.25, 0.3) is 0 Å². The zero-order valence-electron chi connectivity index (χ0n) is 45.2. The van der Waals surface area contributed by atoms with E-state index >= 15 is 0 Å². The summed E-state index contributed by atoms with van der Waals surface area (Å²) in [5.41, 5.74) is 11.9. The quantitative estimate of drug-likeness (QED) is 0.0852. The van der Waals surface area contributed by atoms with Crippen LogP contribution in [0.2, 0.25) is 0 Å². The first-order chi connectivity index (χ1) is 37.7. The number of piperidine rings is 1. The third-order valence-corrected chi connectivity index (χ3v) is 18.1. The molecule has 5 N–H and O–H groups in total. The number of phenols is 1. The Morgan fingerprint density at radius 2 is 1.63 bits per heavy atom. The summed E-state index contributed by atoms with van der Waals surface area (Å²) in [6.07, 6.45) is 11.3. The number of rotatable bonds is 13. The van der Waals surface area contributed by atoms with Crippen molar-refractivity contribution in [2.24, 2.45) is 16.5 Å². The van der Waals surface area contributed by atoms with Crippen LogP contribution < -0.4 is 20.9 Å². The molecule has 3 aromatic heterocycles. The highest BCUT2D eigenvalue weighted by molar-refractivity contribution is 5.94. The van der Waals surface area contributed by atoms with E-state index in [4.69, 9.17) is 25.1 Å². The van der Waals surface area contributed by atoms with Crippen LogP contribution in [-0.2, 0) is 15.4 Å².